The first kappa shape index (κ1) is 22.0. The lowest BCUT2D eigenvalue weighted by molar-refractivity contribution is -0.124. The Labute approximate surface area is 202 Å². The van der Waals surface area contributed by atoms with Gasteiger partial charge < -0.3 is 10.1 Å². The van der Waals surface area contributed by atoms with E-state index < -0.39 is 5.97 Å². The number of fused-ring (bicyclic) bond motifs is 2. The standard InChI is InChI=1S/C28H24N2O3S/c1-18(19-8-3-2-4-9-19)29-25(31)17-33-28(32)26-22-11-5-6-12-24(22)30-27-20(13-14-23(26)27)16-21-10-7-15-34-21/h2-12,15-16,18H,13-14,17H2,1H3,(H,29,31)/b20-16-. The molecule has 1 amide bonds. The summed E-state index contributed by atoms with van der Waals surface area (Å²) in [6.07, 6.45) is 3.67. The van der Waals surface area contributed by atoms with Crippen LogP contribution in [0.3, 0.4) is 0 Å². The number of pyridine rings is 1. The molecule has 6 heteroatoms. The number of ether oxygens (including phenoxy) is 1. The van der Waals surface area contributed by atoms with Gasteiger partial charge >= 0.3 is 5.97 Å². The van der Waals surface area contributed by atoms with E-state index in [2.05, 4.69) is 17.5 Å². The lowest BCUT2D eigenvalue weighted by Crippen LogP contribution is -2.31. The van der Waals surface area contributed by atoms with Crippen LogP contribution in [0.5, 0.6) is 0 Å². The number of carbonyl (C=O) groups excluding carboxylic acids is 2. The van der Waals surface area contributed by atoms with Gasteiger partial charge in [-0.25, -0.2) is 9.78 Å². The zero-order chi connectivity index (χ0) is 23.5. The molecular weight excluding hydrogens is 444 g/mol. The van der Waals surface area contributed by atoms with E-state index in [-0.39, 0.29) is 18.6 Å². The second-order valence-electron chi connectivity index (χ2n) is 8.29. The molecule has 0 spiro atoms. The van der Waals surface area contributed by atoms with Crippen LogP contribution in [0.4, 0.5) is 0 Å². The molecule has 5 nitrogen and oxygen atoms in total. The van der Waals surface area contributed by atoms with Crippen LogP contribution in [0, 0.1) is 0 Å². The maximum atomic E-state index is 13.3. The molecule has 1 aliphatic carbocycles. The third kappa shape index (κ3) is 4.50. The van der Waals surface area contributed by atoms with Gasteiger partial charge in [-0.3, -0.25) is 4.79 Å². The van der Waals surface area contributed by atoms with E-state index in [1.807, 2.05) is 73.0 Å². The predicted octanol–water partition coefficient (Wildman–Crippen LogP) is 5.82. The Bertz CT molecular complexity index is 1380. The minimum absolute atomic E-state index is 0.177. The number of hydrogen-bond donors (Lipinski definition) is 1. The van der Waals surface area contributed by atoms with Gasteiger partial charge in [0.15, 0.2) is 6.61 Å². The summed E-state index contributed by atoms with van der Waals surface area (Å²) in [5.74, 6) is -0.826. The summed E-state index contributed by atoms with van der Waals surface area (Å²) in [5.41, 5.74) is 5.11. The quantitative estimate of drug-likeness (QED) is 0.362. The van der Waals surface area contributed by atoms with Crippen molar-refractivity contribution in [2.45, 2.75) is 25.8 Å². The number of esters is 1. The van der Waals surface area contributed by atoms with Crippen LogP contribution in [0.1, 0.15) is 51.4 Å². The summed E-state index contributed by atoms with van der Waals surface area (Å²) in [6, 6.07) is 21.2. The topological polar surface area (TPSA) is 68.3 Å². The van der Waals surface area contributed by atoms with Crippen molar-refractivity contribution in [1.82, 2.24) is 10.3 Å². The van der Waals surface area contributed by atoms with Crippen molar-refractivity contribution in [2.24, 2.45) is 0 Å². The lowest BCUT2D eigenvalue weighted by atomic mass is 10.0. The zero-order valence-electron chi connectivity index (χ0n) is 18.8. The van der Waals surface area contributed by atoms with Gasteiger partial charge in [0, 0.05) is 10.3 Å². The molecule has 1 unspecified atom stereocenters. The van der Waals surface area contributed by atoms with Gasteiger partial charge in [0.25, 0.3) is 5.91 Å². The van der Waals surface area contributed by atoms with Crippen LogP contribution in [0.25, 0.3) is 22.6 Å². The van der Waals surface area contributed by atoms with E-state index in [1.165, 1.54) is 0 Å². The number of nitrogens with one attached hydrogen (secondary N) is 1. The fourth-order valence-electron chi connectivity index (χ4n) is 4.37. The van der Waals surface area contributed by atoms with E-state index in [1.54, 1.807) is 11.3 Å². The molecule has 0 fully saturated rings. The summed E-state index contributed by atoms with van der Waals surface area (Å²) in [4.78, 5) is 31.8. The fraction of sp³-hybridized carbons (Fsp3) is 0.179. The second-order valence-corrected chi connectivity index (χ2v) is 9.27. The molecule has 2 aromatic carbocycles. The monoisotopic (exact) mass is 468 g/mol. The third-order valence-corrected chi connectivity index (χ3v) is 6.84. The van der Waals surface area contributed by atoms with Crippen LogP contribution >= 0.6 is 11.3 Å². The summed E-state index contributed by atoms with van der Waals surface area (Å²) >= 11 is 1.67. The molecule has 1 atom stereocenters. The van der Waals surface area contributed by atoms with Crippen molar-refractivity contribution >= 4 is 45.8 Å². The largest absolute Gasteiger partial charge is 0.452 e. The number of carbonyl (C=O) groups is 2. The number of benzene rings is 2. The number of para-hydroxylation sites is 1. The Hall–Kier alpha value is -3.77. The number of allylic oxidation sites excluding steroid dienone is 1. The molecule has 1 aliphatic rings. The molecule has 1 N–H and O–H groups in total. The molecule has 0 saturated heterocycles. The van der Waals surface area contributed by atoms with Gasteiger partial charge in [-0.05, 0) is 60.1 Å². The number of aromatic nitrogens is 1. The number of rotatable bonds is 6. The van der Waals surface area contributed by atoms with E-state index in [9.17, 15) is 9.59 Å². The molecule has 5 rings (SSSR count). The van der Waals surface area contributed by atoms with E-state index >= 15 is 0 Å². The maximum absolute atomic E-state index is 13.3. The van der Waals surface area contributed by atoms with Gasteiger partial charge in [0.05, 0.1) is 22.8 Å². The molecule has 4 aromatic rings. The van der Waals surface area contributed by atoms with Crippen LogP contribution in [-0.2, 0) is 16.0 Å². The molecule has 0 radical (unpaired) electrons. The van der Waals surface area contributed by atoms with Crippen molar-refractivity contribution in [3.63, 3.8) is 0 Å². The molecule has 2 aromatic heterocycles. The van der Waals surface area contributed by atoms with Crippen molar-refractivity contribution in [3.8, 4) is 0 Å². The highest BCUT2D eigenvalue weighted by Gasteiger charge is 2.28. The van der Waals surface area contributed by atoms with Gasteiger partial charge in [-0.2, -0.15) is 0 Å². The predicted molar refractivity (Wildman–Crippen MR) is 136 cm³/mol. The molecule has 34 heavy (non-hydrogen) atoms. The maximum Gasteiger partial charge on any atom is 0.339 e. The summed E-state index contributed by atoms with van der Waals surface area (Å²) in [5, 5.41) is 5.68. The number of amides is 1. The summed E-state index contributed by atoms with van der Waals surface area (Å²) in [6.45, 7) is 1.57. The first-order valence-corrected chi connectivity index (χ1v) is 12.2. The first-order chi connectivity index (χ1) is 16.6. The van der Waals surface area contributed by atoms with Gasteiger partial charge in [-0.1, -0.05) is 54.6 Å². The van der Waals surface area contributed by atoms with Crippen LogP contribution in [-0.4, -0.2) is 23.5 Å². The zero-order valence-corrected chi connectivity index (χ0v) is 19.6. The molecular formula is C28H24N2O3S. The van der Waals surface area contributed by atoms with E-state index in [0.717, 1.165) is 44.6 Å². The van der Waals surface area contributed by atoms with Crippen molar-refractivity contribution in [1.29, 1.82) is 0 Å². The number of nitrogens with zero attached hydrogens (tertiary/aromatic N) is 1. The van der Waals surface area contributed by atoms with Crippen LogP contribution < -0.4 is 5.32 Å². The average molecular weight is 469 g/mol. The Morgan fingerprint density at radius 2 is 1.85 bits per heavy atom. The normalized spacial score (nSPS) is 14.7. The lowest BCUT2D eigenvalue weighted by Gasteiger charge is -2.15. The Morgan fingerprint density at radius 1 is 1.06 bits per heavy atom. The molecule has 2 heterocycles. The van der Waals surface area contributed by atoms with Crippen molar-refractivity contribution in [3.05, 3.63) is 99.4 Å². The SMILES string of the molecule is CC(NC(=O)COC(=O)c1c2c(nc3ccccc13)/C(=C\c1cccs1)CC2)c1ccccc1. The Kier molecular flexibility index (Phi) is 6.23. The fourth-order valence-corrected chi connectivity index (χ4v) is 5.05. The molecule has 0 saturated carbocycles. The smallest absolute Gasteiger partial charge is 0.339 e. The van der Waals surface area contributed by atoms with Crippen LogP contribution in [0.2, 0.25) is 0 Å². The molecule has 170 valence electrons. The van der Waals surface area contributed by atoms with Crippen molar-refractivity contribution in [2.75, 3.05) is 6.61 Å². The number of hydrogen-bond acceptors (Lipinski definition) is 5. The number of thiophene rings is 1. The highest BCUT2D eigenvalue weighted by atomic mass is 32.1. The van der Waals surface area contributed by atoms with Gasteiger partial charge in [0.1, 0.15) is 0 Å². The second kappa shape index (κ2) is 9.61. The van der Waals surface area contributed by atoms with Crippen molar-refractivity contribution < 1.29 is 14.3 Å². The Balaban J connectivity index is 1.39. The molecule has 0 aliphatic heterocycles. The summed E-state index contributed by atoms with van der Waals surface area (Å²) in [7, 11) is 0. The molecule has 0 bridgehead atoms. The van der Waals surface area contributed by atoms with E-state index in [0.29, 0.717) is 12.0 Å². The first-order valence-electron chi connectivity index (χ1n) is 11.3. The van der Waals surface area contributed by atoms with Gasteiger partial charge in [-0.15, -0.1) is 11.3 Å². The van der Waals surface area contributed by atoms with Crippen LogP contribution in [0.15, 0.2) is 72.1 Å². The minimum Gasteiger partial charge on any atom is -0.452 e. The minimum atomic E-state index is -0.491. The summed E-state index contributed by atoms with van der Waals surface area (Å²) < 4.78 is 5.50. The third-order valence-electron chi connectivity index (χ3n) is 6.02. The highest BCUT2D eigenvalue weighted by molar-refractivity contribution is 7.10. The van der Waals surface area contributed by atoms with Gasteiger partial charge in [0.2, 0.25) is 0 Å². The highest BCUT2D eigenvalue weighted by Crippen LogP contribution is 2.38. The Morgan fingerprint density at radius 3 is 2.65 bits per heavy atom. The average Bonchev–Trinajstić information content (AvgIpc) is 3.52. The van der Waals surface area contributed by atoms with E-state index in [4.69, 9.17) is 9.72 Å².